The van der Waals surface area contributed by atoms with E-state index in [1.807, 2.05) is 0 Å². The van der Waals surface area contributed by atoms with Crippen LogP contribution >= 0.6 is 0 Å². The van der Waals surface area contributed by atoms with Gasteiger partial charge in [-0.25, -0.2) is 9.59 Å². The lowest BCUT2D eigenvalue weighted by atomic mass is 9.88. The molecule has 0 radical (unpaired) electrons. The fourth-order valence-electron chi connectivity index (χ4n) is 2.51. The number of hydrogen-bond acceptors (Lipinski definition) is 5. The third-order valence-corrected chi connectivity index (χ3v) is 3.71. The Labute approximate surface area is 137 Å². The smallest absolute Gasteiger partial charge is 0.331 e. The van der Waals surface area contributed by atoms with Gasteiger partial charge in [-0.2, -0.15) is 0 Å². The largest absolute Gasteiger partial charge is 0.461 e. The van der Waals surface area contributed by atoms with Crippen LogP contribution in [0.25, 0.3) is 0 Å². The van der Waals surface area contributed by atoms with Crippen molar-refractivity contribution in [1.82, 2.24) is 4.90 Å². The Balaban J connectivity index is 2.24. The molecular formula is C17H27NO5. The standard InChI is InChI=1S/C17H27NO5/c1-13(2)23-16(20)10-9-15(19)22-12-11-18(3)17(21)14-7-5-4-6-8-14/h9-10,13-14H,4-8,11-12H2,1-3H3/b10-9+. The summed E-state index contributed by atoms with van der Waals surface area (Å²) in [6, 6.07) is 0. The average Bonchev–Trinajstić information content (AvgIpc) is 2.52. The zero-order chi connectivity index (χ0) is 17.2. The second-order valence-corrected chi connectivity index (χ2v) is 6.08. The predicted octanol–water partition coefficient (Wildman–Crippen LogP) is 2.08. The van der Waals surface area contributed by atoms with E-state index in [0.717, 1.165) is 37.8 Å². The zero-order valence-electron chi connectivity index (χ0n) is 14.2. The summed E-state index contributed by atoms with van der Waals surface area (Å²) < 4.78 is 9.83. The Hall–Kier alpha value is -1.85. The van der Waals surface area contributed by atoms with Gasteiger partial charge in [-0.05, 0) is 26.7 Å². The molecule has 0 aromatic carbocycles. The maximum absolute atomic E-state index is 12.2. The first-order chi connectivity index (χ1) is 10.9. The summed E-state index contributed by atoms with van der Waals surface area (Å²) in [5.74, 6) is -0.974. The molecule has 1 aliphatic rings. The van der Waals surface area contributed by atoms with Crippen molar-refractivity contribution in [1.29, 1.82) is 0 Å². The first-order valence-electron chi connectivity index (χ1n) is 8.20. The molecule has 23 heavy (non-hydrogen) atoms. The lowest BCUT2D eigenvalue weighted by molar-refractivity contribution is -0.143. The molecule has 130 valence electrons. The van der Waals surface area contributed by atoms with E-state index in [1.165, 1.54) is 6.42 Å². The van der Waals surface area contributed by atoms with Gasteiger partial charge in [0, 0.05) is 25.1 Å². The van der Waals surface area contributed by atoms with Gasteiger partial charge in [0.1, 0.15) is 6.61 Å². The van der Waals surface area contributed by atoms with Crippen LogP contribution in [0.3, 0.4) is 0 Å². The van der Waals surface area contributed by atoms with Gasteiger partial charge in [-0.1, -0.05) is 19.3 Å². The van der Waals surface area contributed by atoms with Crippen molar-refractivity contribution in [3.05, 3.63) is 12.2 Å². The molecule has 1 rings (SSSR count). The van der Waals surface area contributed by atoms with E-state index in [2.05, 4.69) is 0 Å². The van der Waals surface area contributed by atoms with Crippen LogP contribution in [-0.2, 0) is 23.9 Å². The van der Waals surface area contributed by atoms with Gasteiger partial charge >= 0.3 is 11.9 Å². The summed E-state index contributed by atoms with van der Waals surface area (Å²) in [6.45, 7) is 3.91. The fourth-order valence-corrected chi connectivity index (χ4v) is 2.51. The van der Waals surface area contributed by atoms with Gasteiger partial charge in [0.25, 0.3) is 0 Å². The number of nitrogens with zero attached hydrogens (tertiary/aromatic N) is 1. The van der Waals surface area contributed by atoms with Crippen molar-refractivity contribution < 1.29 is 23.9 Å². The van der Waals surface area contributed by atoms with Gasteiger partial charge in [-0.3, -0.25) is 4.79 Å². The molecule has 0 aliphatic heterocycles. The molecule has 0 N–H and O–H groups in total. The van der Waals surface area contributed by atoms with Crippen LogP contribution in [0.2, 0.25) is 0 Å². The number of likely N-dealkylation sites (N-methyl/N-ethyl adjacent to an activating group) is 1. The van der Waals surface area contributed by atoms with Gasteiger partial charge < -0.3 is 14.4 Å². The minimum atomic E-state index is -0.621. The van der Waals surface area contributed by atoms with Crippen LogP contribution in [0.5, 0.6) is 0 Å². The molecule has 1 amide bonds. The van der Waals surface area contributed by atoms with E-state index >= 15 is 0 Å². The molecule has 0 spiro atoms. The Kier molecular flexibility index (Phi) is 8.37. The predicted molar refractivity (Wildman–Crippen MR) is 85.5 cm³/mol. The normalized spacial score (nSPS) is 15.7. The third kappa shape index (κ3) is 7.81. The highest BCUT2D eigenvalue weighted by molar-refractivity contribution is 5.91. The molecule has 1 aliphatic carbocycles. The quantitative estimate of drug-likeness (QED) is 0.529. The SMILES string of the molecule is CC(C)OC(=O)/C=C/C(=O)OCCN(C)C(=O)C1CCCCC1. The molecule has 0 heterocycles. The van der Waals surface area contributed by atoms with Crippen LogP contribution in [-0.4, -0.2) is 49.0 Å². The van der Waals surface area contributed by atoms with E-state index in [4.69, 9.17) is 9.47 Å². The maximum atomic E-state index is 12.2. The monoisotopic (exact) mass is 325 g/mol. The first kappa shape index (κ1) is 19.2. The lowest BCUT2D eigenvalue weighted by Gasteiger charge is -2.26. The fraction of sp³-hybridized carbons (Fsp3) is 0.706. The van der Waals surface area contributed by atoms with Crippen LogP contribution in [0.15, 0.2) is 12.2 Å². The van der Waals surface area contributed by atoms with E-state index in [9.17, 15) is 14.4 Å². The van der Waals surface area contributed by atoms with Gasteiger partial charge in [0.05, 0.1) is 12.6 Å². The van der Waals surface area contributed by atoms with Crippen molar-refractivity contribution >= 4 is 17.8 Å². The van der Waals surface area contributed by atoms with Crippen LogP contribution in [0.1, 0.15) is 46.0 Å². The molecule has 0 saturated heterocycles. The summed E-state index contributed by atoms with van der Waals surface area (Å²) in [4.78, 5) is 36.5. The number of rotatable bonds is 7. The number of amides is 1. The topological polar surface area (TPSA) is 72.9 Å². The third-order valence-electron chi connectivity index (χ3n) is 3.71. The molecule has 0 aromatic rings. The highest BCUT2D eigenvalue weighted by Gasteiger charge is 2.23. The summed E-state index contributed by atoms with van der Waals surface area (Å²) in [7, 11) is 1.72. The summed E-state index contributed by atoms with van der Waals surface area (Å²) in [5.41, 5.74) is 0. The maximum Gasteiger partial charge on any atom is 0.331 e. The minimum absolute atomic E-state index is 0.107. The van der Waals surface area contributed by atoms with Gasteiger partial charge in [0.15, 0.2) is 0 Å². The summed E-state index contributed by atoms with van der Waals surface area (Å²) in [6.07, 6.45) is 7.16. The molecule has 0 bridgehead atoms. The van der Waals surface area contributed by atoms with Crippen LogP contribution in [0, 0.1) is 5.92 Å². The van der Waals surface area contributed by atoms with Crippen molar-refractivity contribution in [3.8, 4) is 0 Å². The second kappa shape index (κ2) is 10.0. The minimum Gasteiger partial charge on any atom is -0.461 e. The number of esters is 2. The van der Waals surface area contributed by atoms with Crippen LogP contribution in [0.4, 0.5) is 0 Å². The summed E-state index contributed by atoms with van der Waals surface area (Å²) in [5, 5.41) is 0. The van der Waals surface area contributed by atoms with Crippen molar-refractivity contribution in [2.75, 3.05) is 20.2 Å². The number of ether oxygens (including phenoxy) is 2. The Morgan fingerprint density at radius 1 is 1.09 bits per heavy atom. The average molecular weight is 325 g/mol. The van der Waals surface area contributed by atoms with Crippen molar-refractivity contribution in [2.24, 2.45) is 5.92 Å². The van der Waals surface area contributed by atoms with E-state index in [0.29, 0.717) is 6.54 Å². The van der Waals surface area contributed by atoms with Gasteiger partial charge in [-0.15, -0.1) is 0 Å². The van der Waals surface area contributed by atoms with Crippen LogP contribution < -0.4 is 0 Å². The number of carbonyl (C=O) groups excluding carboxylic acids is 3. The Morgan fingerprint density at radius 2 is 1.70 bits per heavy atom. The molecule has 6 heteroatoms. The molecule has 1 saturated carbocycles. The highest BCUT2D eigenvalue weighted by atomic mass is 16.5. The number of carbonyl (C=O) groups is 3. The highest BCUT2D eigenvalue weighted by Crippen LogP contribution is 2.24. The first-order valence-corrected chi connectivity index (χ1v) is 8.20. The van der Waals surface area contributed by atoms with E-state index in [1.54, 1.807) is 25.8 Å². The second-order valence-electron chi connectivity index (χ2n) is 6.08. The van der Waals surface area contributed by atoms with Gasteiger partial charge in [0.2, 0.25) is 5.91 Å². The zero-order valence-corrected chi connectivity index (χ0v) is 14.2. The van der Waals surface area contributed by atoms with E-state index < -0.39 is 11.9 Å². The lowest BCUT2D eigenvalue weighted by Crippen LogP contribution is -2.36. The molecule has 0 unspecified atom stereocenters. The van der Waals surface area contributed by atoms with E-state index in [-0.39, 0.29) is 24.5 Å². The van der Waals surface area contributed by atoms with Crippen molar-refractivity contribution in [3.63, 3.8) is 0 Å². The summed E-state index contributed by atoms with van der Waals surface area (Å²) >= 11 is 0. The number of hydrogen-bond donors (Lipinski definition) is 0. The molecule has 0 atom stereocenters. The molecular weight excluding hydrogens is 298 g/mol. The molecule has 6 nitrogen and oxygen atoms in total. The Bertz CT molecular complexity index is 438. The molecule has 0 aromatic heterocycles. The Morgan fingerprint density at radius 3 is 2.30 bits per heavy atom. The van der Waals surface area contributed by atoms with Crippen molar-refractivity contribution in [2.45, 2.75) is 52.1 Å². The molecule has 1 fully saturated rings.